The van der Waals surface area contributed by atoms with Gasteiger partial charge in [0.1, 0.15) is 6.10 Å². The van der Waals surface area contributed by atoms with E-state index in [9.17, 15) is 0 Å². The average Bonchev–Trinajstić information content (AvgIpc) is 2.67. The molecule has 0 unspecified atom stereocenters. The summed E-state index contributed by atoms with van der Waals surface area (Å²) >= 11 is 0. The Labute approximate surface area is 83.3 Å². The smallest absolute Gasteiger partial charge is 0.184 e. The van der Waals surface area contributed by atoms with Crippen molar-refractivity contribution in [3.63, 3.8) is 0 Å². The van der Waals surface area contributed by atoms with E-state index < -0.39 is 0 Å². The molecule has 14 heavy (non-hydrogen) atoms. The molecule has 1 aromatic rings. The van der Waals surface area contributed by atoms with Crippen LogP contribution in [-0.4, -0.2) is 24.4 Å². The molecule has 1 aromatic carbocycles. The highest BCUT2D eigenvalue weighted by Crippen LogP contribution is 2.28. The molecule has 1 N–H and O–H groups in total. The second-order valence-corrected chi connectivity index (χ2v) is 3.46. The summed E-state index contributed by atoms with van der Waals surface area (Å²) in [4.78, 5) is 0. The van der Waals surface area contributed by atoms with Crippen molar-refractivity contribution in [3.8, 4) is 0 Å². The quantitative estimate of drug-likeness (QED) is 0.773. The van der Waals surface area contributed by atoms with Gasteiger partial charge in [-0.15, -0.1) is 0 Å². The molecule has 1 aliphatic rings. The van der Waals surface area contributed by atoms with Gasteiger partial charge in [-0.05, 0) is 12.5 Å². The van der Waals surface area contributed by atoms with E-state index in [0.29, 0.717) is 6.61 Å². The maximum Gasteiger partial charge on any atom is 0.184 e. The molecule has 2 rings (SSSR count). The lowest BCUT2D eigenvalue weighted by atomic mass is 10.1. The highest BCUT2D eigenvalue weighted by Gasteiger charge is 2.27. The van der Waals surface area contributed by atoms with Gasteiger partial charge >= 0.3 is 0 Å². The number of rotatable bonds is 2. The Kier molecular flexibility index (Phi) is 2.82. The summed E-state index contributed by atoms with van der Waals surface area (Å²) in [6.07, 6.45) is -0.493. The summed E-state index contributed by atoms with van der Waals surface area (Å²) in [5, 5.41) is 8.90. The lowest BCUT2D eigenvalue weighted by Gasteiger charge is -2.12. The molecule has 1 saturated heterocycles. The lowest BCUT2D eigenvalue weighted by Crippen LogP contribution is -2.14. The fourth-order valence-electron chi connectivity index (χ4n) is 1.56. The van der Waals surface area contributed by atoms with Crippen molar-refractivity contribution in [2.75, 3.05) is 13.2 Å². The zero-order chi connectivity index (χ0) is 9.97. The molecule has 0 amide bonds. The van der Waals surface area contributed by atoms with Crippen LogP contribution in [0.25, 0.3) is 0 Å². The van der Waals surface area contributed by atoms with Crippen LogP contribution in [0.2, 0.25) is 0 Å². The largest absolute Gasteiger partial charge is 0.394 e. The minimum atomic E-state index is -0.312. The monoisotopic (exact) mass is 194 g/mol. The number of ether oxygens (including phenoxy) is 2. The fourth-order valence-corrected chi connectivity index (χ4v) is 1.56. The minimum Gasteiger partial charge on any atom is -0.394 e. The van der Waals surface area contributed by atoms with Crippen LogP contribution in [0.5, 0.6) is 0 Å². The molecule has 0 aliphatic carbocycles. The normalized spacial score (nSPS) is 26.7. The molecule has 3 nitrogen and oxygen atoms in total. The molecule has 0 spiro atoms. The first-order valence-electron chi connectivity index (χ1n) is 4.74. The number of aryl methyl sites for hydroxylation is 1. The van der Waals surface area contributed by atoms with Gasteiger partial charge in [0.2, 0.25) is 0 Å². The third kappa shape index (κ3) is 1.80. The molecule has 0 aromatic heterocycles. The van der Waals surface area contributed by atoms with Crippen LogP contribution in [-0.2, 0) is 9.47 Å². The van der Waals surface area contributed by atoms with E-state index in [1.807, 2.05) is 31.2 Å². The van der Waals surface area contributed by atoms with Gasteiger partial charge < -0.3 is 14.6 Å². The highest BCUT2D eigenvalue weighted by molar-refractivity contribution is 5.26. The van der Waals surface area contributed by atoms with Crippen molar-refractivity contribution in [1.29, 1.82) is 0 Å². The van der Waals surface area contributed by atoms with Crippen LogP contribution < -0.4 is 0 Å². The van der Waals surface area contributed by atoms with Crippen LogP contribution in [0.15, 0.2) is 24.3 Å². The molecular formula is C11H14O3. The van der Waals surface area contributed by atoms with Gasteiger partial charge in [0.15, 0.2) is 6.29 Å². The summed E-state index contributed by atoms with van der Waals surface area (Å²) in [6, 6.07) is 7.95. The van der Waals surface area contributed by atoms with Crippen molar-refractivity contribution < 1.29 is 14.6 Å². The third-order valence-corrected chi connectivity index (χ3v) is 2.40. The maximum absolute atomic E-state index is 8.90. The van der Waals surface area contributed by atoms with Gasteiger partial charge in [-0.3, -0.25) is 0 Å². The van der Waals surface area contributed by atoms with Crippen molar-refractivity contribution in [2.45, 2.75) is 19.3 Å². The average molecular weight is 194 g/mol. The maximum atomic E-state index is 8.90. The molecule has 76 valence electrons. The van der Waals surface area contributed by atoms with Crippen LogP contribution >= 0.6 is 0 Å². The Morgan fingerprint density at radius 1 is 1.43 bits per heavy atom. The van der Waals surface area contributed by atoms with Gasteiger partial charge in [-0.2, -0.15) is 0 Å². The molecule has 1 heterocycles. The van der Waals surface area contributed by atoms with Gasteiger partial charge in [0.25, 0.3) is 0 Å². The Hall–Kier alpha value is -0.900. The predicted octanol–water partition coefficient (Wildman–Crippen LogP) is 1.40. The zero-order valence-electron chi connectivity index (χ0n) is 8.14. The highest BCUT2D eigenvalue weighted by atomic mass is 16.7. The van der Waals surface area contributed by atoms with E-state index in [1.54, 1.807) is 0 Å². The Morgan fingerprint density at radius 2 is 2.21 bits per heavy atom. The van der Waals surface area contributed by atoms with E-state index in [-0.39, 0.29) is 19.0 Å². The van der Waals surface area contributed by atoms with E-state index in [1.165, 1.54) is 0 Å². The van der Waals surface area contributed by atoms with Crippen LogP contribution in [0.4, 0.5) is 0 Å². The van der Waals surface area contributed by atoms with Gasteiger partial charge in [-0.1, -0.05) is 24.3 Å². The first-order valence-corrected chi connectivity index (χ1v) is 4.74. The van der Waals surface area contributed by atoms with Crippen molar-refractivity contribution >= 4 is 0 Å². The number of aliphatic hydroxyl groups excluding tert-OH is 1. The topological polar surface area (TPSA) is 38.7 Å². The van der Waals surface area contributed by atoms with Gasteiger partial charge in [0.05, 0.1) is 13.2 Å². The lowest BCUT2D eigenvalue weighted by molar-refractivity contribution is -0.0679. The van der Waals surface area contributed by atoms with Gasteiger partial charge in [0, 0.05) is 5.56 Å². The number of hydrogen-bond donors (Lipinski definition) is 1. The SMILES string of the molecule is Cc1ccccc1[C@H]1OC[C@@H](CO)O1. The first-order chi connectivity index (χ1) is 6.81. The van der Waals surface area contributed by atoms with Crippen molar-refractivity contribution in [1.82, 2.24) is 0 Å². The minimum absolute atomic E-state index is 0.0163. The standard InChI is InChI=1S/C11H14O3/c1-8-4-2-3-5-10(8)11-13-7-9(6-12)14-11/h2-5,9,11-12H,6-7H2,1H3/t9-,11+/m1/s1. The van der Waals surface area contributed by atoms with Crippen molar-refractivity contribution in [3.05, 3.63) is 35.4 Å². The van der Waals surface area contributed by atoms with E-state index in [0.717, 1.165) is 11.1 Å². The first kappa shape index (κ1) is 9.65. The summed E-state index contributed by atoms with van der Waals surface area (Å²) in [7, 11) is 0. The zero-order valence-corrected chi connectivity index (χ0v) is 8.14. The summed E-state index contributed by atoms with van der Waals surface area (Å²) in [6.45, 7) is 2.51. The summed E-state index contributed by atoms with van der Waals surface area (Å²) < 4.78 is 10.9. The summed E-state index contributed by atoms with van der Waals surface area (Å²) in [5.74, 6) is 0. The molecule has 2 atom stereocenters. The Balaban J connectivity index is 2.13. The Bertz CT molecular complexity index is 311. The molecule has 0 bridgehead atoms. The summed E-state index contributed by atoms with van der Waals surface area (Å²) in [5.41, 5.74) is 2.19. The van der Waals surface area contributed by atoms with Crippen LogP contribution in [0.3, 0.4) is 0 Å². The second kappa shape index (κ2) is 4.09. The number of benzene rings is 1. The predicted molar refractivity (Wildman–Crippen MR) is 51.8 cm³/mol. The third-order valence-electron chi connectivity index (χ3n) is 2.40. The van der Waals surface area contributed by atoms with Crippen LogP contribution in [0, 0.1) is 6.92 Å². The molecule has 3 heteroatoms. The molecule has 1 fully saturated rings. The molecular weight excluding hydrogens is 180 g/mol. The van der Waals surface area contributed by atoms with E-state index in [4.69, 9.17) is 14.6 Å². The van der Waals surface area contributed by atoms with Crippen LogP contribution in [0.1, 0.15) is 17.4 Å². The fraction of sp³-hybridized carbons (Fsp3) is 0.455. The van der Waals surface area contributed by atoms with Gasteiger partial charge in [-0.25, -0.2) is 0 Å². The van der Waals surface area contributed by atoms with Crippen molar-refractivity contribution in [2.24, 2.45) is 0 Å². The molecule has 1 aliphatic heterocycles. The van der Waals surface area contributed by atoms with E-state index in [2.05, 4.69) is 0 Å². The van der Waals surface area contributed by atoms with E-state index >= 15 is 0 Å². The molecule has 0 saturated carbocycles. The number of aliphatic hydroxyl groups is 1. The Morgan fingerprint density at radius 3 is 2.86 bits per heavy atom. The number of hydrogen-bond acceptors (Lipinski definition) is 3. The molecule has 0 radical (unpaired) electrons. The second-order valence-electron chi connectivity index (χ2n) is 3.46.